The molecule has 23 heavy (non-hydrogen) atoms. The van der Waals surface area contributed by atoms with Crippen molar-refractivity contribution in [2.24, 2.45) is 0 Å². The van der Waals surface area contributed by atoms with Crippen LogP contribution < -0.4 is 4.74 Å². The van der Waals surface area contributed by atoms with Crippen LogP contribution in [0.15, 0.2) is 35.9 Å². The highest BCUT2D eigenvalue weighted by Crippen LogP contribution is 2.22. The standard InChI is InChI=1S/C18H23NO4/c1-13(11-14-7-3-4-9-16(14)23-2)12-17(20)19-10-6-5-8-15(19)18(21)22/h3-4,7,9,12,15H,5-6,8,10-11H2,1-2H3,(H,21,22). The van der Waals surface area contributed by atoms with Gasteiger partial charge in [0.1, 0.15) is 11.8 Å². The summed E-state index contributed by atoms with van der Waals surface area (Å²) in [5.74, 6) is -0.354. The number of ether oxygens (including phenoxy) is 1. The van der Waals surface area contributed by atoms with Crippen LogP contribution in [0.3, 0.4) is 0 Å². The van der Waals surface area contributed by atoms with Crippen LogP contribution in [-0.2, 0) is 16.0 Å². The monoisotopic (exact) mass is 317 g/mol. The summed E-state index contributed by atoms with van der Waals surface area (Å²) in [7, 11) is 1.62. The fourth-order valence-corrected chi connectivity index (χ4v) is 2.95. The Kier molecular flexibility index (Phi) is 5.79. The first-order valence-electron chi connectivity index (χ1n) is 7.85. The molecule has 0 aliphatic carbocycles. The van der Waals surface area contributed by atoms with Crippen LogP contribution >= 0.6 is 0 Å². The molecule has 1 unspecified atom stereocenters. The average Bonchev–Trinajstić information content (AvgIpc) is 2.55. The normalized spacial score (nSPS) is 18.6. The van der Waals surface area contributed by atoms with Gasteiger partial charge in [-0.05, 0) is 44.2 Å². The topological polar surface area (TPSA) is 66.8 Å². The van der Waals surface area contributed by atoms with E-state index in [9.17, 15) is 14.7 Å². The number of benzene rings is 1. The van der Waals surface area contributed by atoms with Crippen molar-refractivity contribution in [3.05, 3.63) is 41.5 Å². The number of para-hydroxylation sites is 1. The molecule has 1 heterocycles. The van der Waals surface area contributed by atoms with E-state index in [0.717, 1.165) is 29.7 Å². The van der Waals surface area contributed by atoms with Gasteiger partial charge in [0.2, 0.25) is 5.91 Å². The van der Waals surface area contributed by atoms with Crippen LogP contribution in [0.5, 0.6) is 5.75 Å². The van der Waals surface area contributed by atoms with Crippen molar-refractivity contribution in [3.8, 4) is 5.75 Å². The molecule has 1 saturated heterocycles. The minimum Gasteiger partial charge on any atom is -0.496 e. The SMILES string of the molecule is COc1ccccc1CC(C)=CC(=O)N1CCCCC1C(=O)O. The Hall–Kier alpha value is -2.30. The van der Waals surface area contributed by atoms with E-state index in [1.165, 1.54) is 4.90 Å². The van der Waals surface area contributed by atoms with E-state index in [0.29, 0.717) is 19.4 Å². The molecule has 1 aromatic carbocycles. The Morgan fingerprint density at radius 3 is 2.78 bits per heavy atom. The second-order valence-electron chi connectivity index (χ2n) is 5.86. The first kappa shape index (κ1) is 17.1. The fraction of sp³-hybridized carbons (Fsp3) is 0.444. The molecule has 1 N–H and O–H groups in total. The Labute approximate surface area is 136 Å². The molecule has 0 radical (unpaired) electrons. The van der Waals surface area contributed by atoms with E-state index in [2.05, 4.69) is 0 Å². The molecule has 1 atom stereocenters. The van der Waals surface area contributed by atoms with E-state index in [4.69, 9.17) is 4.74 Å². The van der Waals surface area contributed by atoms with Gasteiger partial charge in [0.25, 0.3) is 0 Å². The number of carboxylic acid groups (broad SMARTS) is 1. The summed E-state index contributed by atoms with van der Waals surface area (Å²) in [5.41, 5.74) is 1.89. The summed E-state index contributed by atoms with van der Waals surface area (Å²) in [5, 5.41) is 9.26. The number of hydrogen-bond acceptors (Lipinski definition) is 3. The fourth-order valence-electron chi connectivity index (χ4n) is 2.95. The summed E-state index contributed by atoms with van der Waals surface area (Å²) >= 11 is 0. The Morgan fingerprint density at radius 2 is 2.09 bits per heavy atom. The third kappa shape index (κ3) is 4.34. The first-order chi connectivity index (χ1) is 11.0. The number of rotatable bonds is 5. The molecule has 0 aromatic heterocycles. The molecule has 1 aliphatic heterocycles. The summed E-state index contributed by atoms with van der Waals surface area (Å²) < 4.78 is 5.32. The summed E-state index contributed by atoms with van der Waals surface area (Å²) in [4.78, 5) is 25.2. The number of nitrogens with zero attached hydrogens (tertiary/aromatic N) is 1. The molecular formula is C18H23NO4. The lowest BCUT2D eigenvalue weighted by atomic mass is 10.0. The second-order valence-corrected chi connectivity index (χ2v) is 5.86. The highest BCUT2D eigenvalue weighted by atomic mass is 16.5. The van der Waals surface area contributed by atoms with E-state index in [-0.39, 0.29) is 5.91 Å². The van der Waals surface area contributed by atoms with Crippen molar-refractivity contribution in [2.75, 3.05) is 13.7 Å². The Bertz CT molecular complexity index is 609. The van der Waals surface area contributed by atoms with Gasteiger partial charge in [0.05, 0.1) is 7.11 Å². The van der Waals surface area contributed by atoms with Crippen molar-refractivity contribution < 1.29 is 19.4 Å². The van der Waals surface area contributed by atoms with E-state index in [1.54, 1.807) is 13.2 Å². The zero-order valence-corrected chi connectivity index (χ0v) is 13.6. The lowest BCUT2D eigenvalue weighted by molar-refractivity contribution is -0.150. The van der Waals surface area contributed by atoms with E-state index < -0.39 is 12.0 Å². The maximum Gasteiger partial charge on any atom is 0.326 e. The van der Waals surface area contributed by atoms with Crippen LogP contribution in [0.2, 0.25) is 0 Å². The van der Waals surface area contributed by atoms with Crippen LogP contribution in [0.4, 0.5) is 0 Å². The molecular weight excluding hydrogens is 294 g/mol. The lowest BCUT2D eigenvalue weighted by Gasteiger charge is -2.32. The van der Waals surface area contributed by atoms with Crippen LogP contribution in [-0.4, -0.2) is 41.6 Å². The summed E-state index contributed by atoms with van der Waals surface area (Å²) in [6, 6.07) is 6.97. The molecule has 1 aliphatic rings. The van der Waals surface area contributed by atoms with Gasteiger partial charge in [-0.25, -0.2) is 4.79 Å². The van der Waals surface area contributed by atoms with Gasteiger partial charge in [-0.15, -0.1) is 0 Å². The number of carbonyl (C=O) groups is 2. The summed E-state index contributed by atoms with van der Waals surface area (Å²) in [6.45, 7) is 2.39. The van der Waals surface area contributed by atoms with Crippen LogP contribution in [0.25, 0.3) is 0 Å². The number of carbonyl (C=O) groups excluding carboxylic acids is 1. The summed E-state index contributed by atoms with van der Waals surface area (Å²) in [6.07, 6.45) is 4.38. The highest BCUT2D eigenvalue weighted by molar-refractivity contribution is 5.91. The maximum atomic E-state index is 12.4. The van der Waals surface area contributed by atoms with Crippen molar-refractivity contribution in [1.29, 1.82) is 0 Å². The molecule has 1 aromatic rings. The molecule has 1 fully saturated rings. The highest BCUT2D eigenvalue weighted by Gasteiger charge is 2.30. The van der Waals surface area contributed by atoms with Gasteiger partial charge in [-0.3, -0.25) is 4.79 Å². The molecule has 2 rings (SSSR count). The Morgan fingerprint density at radius 1 is 1.35 bits per heavy atom. The minimum atomic E-state index is -0.922. The van der Waals surface area contributed by atoms with Crippen molar-refractivity contribution in [2.45, 2.75) is 38.6 Å². The predicted molar refractivity (Wildman–Crippen MR) is 87.4 cm³/mol. The number of piperidine rings is 1. The van der Waals surface area contributed by atoms with Crippen molar-refractivity contribution >= 4 is 11.9 Å². The average molecular weight is 317 g/mol. The molecule has 0 bridgehead atoms. The van der Waals surface area contributed by atoms with Gasteiger partial charge in [0.15, 0.2) is 0 Å². The minimum absolute atomic E-state index is 0.218. The third-order valence-corrected chi connectivity index (χ3v) is 4.10. The third-order valence-electron chi connectivity index (χ3n) is 4.10. The Balaban J connectivity index is 2.10. The number of likely N-dealkylation sites (tertiary alicyclic amines) is 1. The van der Waals surface area contributed by atoms with Gasteiger partial charge < -0.3 is 14.7 Å². The number of amides is 1. The van der Waals surface area contributed by atoms with Gasteiger partial charge in [-0.2, -0.15) is 0 Å². The van der Waals surface area contributed by atoms with Crippen LogP contribution in [0, 0.1) is 0 Å². The smallest absolute Gasteiger partial charge is 0.326 e. The van der Waals surface area contributed by atoms with E-state index in [1.807, 2.05) is 31.2 Å². The van der Waals surface area contributed by atoms with Gasteiger partial charge in [0, 0.05) is 12.6 Å². The number of hydrogen-bond donors (Lipinski definition) is 1. The molecule has 1 amide bonds. The van der Waals surface area contributed by atoms with Crippen LogP contribution in [0.1, 0.15) is 31.7 Å². The number of carboxylic acids is 1. The zero-order valence-electron chi connectivity index (χ0n) is 13.6. The quantitative estimate of drug-likeness (QED) is 0.848. The van der Waals surface area contributed by atoms with Crippen molar-refractivity contribution in [1.82, 2.24) is 4.90 Å². The lowest BCUT2D eigenvalue weighted by Crippen LogP contribution is -2.47. The molecule has 5 heteroatoms. The predicted octanol–water partition coefficient (Wildman–Crippen LogP) is 2.65. The van der Waals surface area contributed by atoms with E-state index >= 15 is 0 Å². The molecule has 0 spiro atoms. The second kappa shape index (κ2) is 7.81. The number of methoxy groups -OCH3 is 1. The number of allylic oxidation sites excluding steroid dienone is 1. The van der Waals surface area contributed by atoms with Crippen molar-refractivity contribution in [3.63, 3.8) is 0 Å². The van der Waals surface area contributed by atoms with Gasteiger partial charge >= 0.3 is 5.97 Å². The van der Waals surface area contributed by atoms with Gasteiger partial charge in [-0.1, -0.05) is 23.8 Å². The molecule has 0 saturated carbocycles. The first-order valence-corrected chi connectivity index (χ1v) is 7.85. The molecule has 124 valence electrons. The number of aliphatic carboxylic acids is 1. The molecule has 5 nitrogen and oxygen atoms in total. The maximum absolute atomic E-state index is 12.4. The zero-order chi connectivity index (χ0) is 16.8. The largest absolute Gasteiger partial charge is 0.496 e.